The van der Waals surface area contributed by atoms with Gasteiger partial charge >= 0.3 is 0 Å². The molecule has 0 bridgehead atoms. The minimum Gasteiger partial charge on any atom is -0.299 e. The Balaban J connectivity index is 0.000000357. The van der Waals surface area contributed by atoms with Gasteiger partial charge in [0.25, 0.3) is 0 Å². The van der Waals surface area contributed by atoms with Crippen LogP contribution < -0.4 is 0 Å². The molecule has 0 unspecified atom stereocenters. The van der Waals surface area contributed by atoms with Crippen molar-refractivity contribution < 1.29 is 4.79 Å². The molecule has 0 fully saturated rings. The molecular weight excluding hydrogens is 220 g/mol. The van der Waals surface area contributed by atoms with E-state index < -0.39 is 0 Å². The lowest BCUT2D eigenvalue weighted by Gasteiger charge is -2.07. The normalized spacial score (nSPS) is 13.4. The van der Waals surface area contributed by atoms with Crippen LogP contribution in [0.3, 0.4) is 0 Å². The van der Waals surface area contributed by atoms with Crippen LogP contribution in [0.1, 0.15) is 49.4 Å². The number of rotatable bonds is 2. The van der Waals surface area contributed by atoms with E-state index in [4.69, 9.17) is 0 Å². The summed E-state index contributed by atoms with van der Waals surface area (Å²) in [7, 11) is 0. The Bertz CT molecular complexity index is 425. The number of allylic oxidation sites excluding steroid dienone is 1. The highest BCUT2D eigenvalue weighted by Gasteiger charge is 2.14. The third kappa shape index (κ3) is 4.14. The molecule has 0 N–H and O–H groups in total. The summed E-state index contributed by atoms with van der Waals surface area (Å²) in [6.45, 7) is 8.60. The SMILES string of the molecule is CC(C)C.Cc1ccc2c(c1/C=C/C=O)CCC2. The summed E-state index contributed by atoms with van der Waals surface area (Å²) >= 11 is 0. The number of fused-ring (bicyclic) bond motifs is 1. The Hall–Kier alpha value is -1.37. The van der Waals surface area contributed by atoms with Gasteiger partial charge in [0.1, 0.15) is 6.29 Å². The van der Waals surface area contributed by atoms with Crippen LogP contribution in [0.4, 0.5) is 0 Å². The second-order valence-electron chi connectivity index (χ2n) is 5.51. The van der Waals surface area contributed by atoms with E-state index in [1.165, 1.54) is 35.1 Å². The molecule has 2 rings (SSSR count). The topological polar surface area (TPSA) is 17.1 Å². The summed E-state index contributed by atoms with van der Waals surface area (Å²) in [5.41, 5.74) is 5.43. The van der Waals surface area contributed by atoms with E-state index in [1.54, 1.807) is 6.08 Å². The predicted molar refractivity (Wildman–Crippen MR) is 78.8 cm³/mol. The van der Waals surface area contributed by atoms with Crippen molar-refractivity contribution in [3.8, 4) is 0 Å². The van der Waals surface area contributed by atoms with E-state index in [2.05, 4.69) is 39.8 Å². The van der Waals surface area contributed by atoms with Gasteiger partial charge in [0.05, 0.1) is 0 Å². The maximum atomic E-state index is 10.3. The fraction of sp³-hybridized carbons (Fsp3) is 0.471. The summed E-state index contributed by atoms with van der Waals surface area (Å²) in [4.78, 5) is 10.3. The molecule has 0 radical (unpaired) electrons. The van der Waals surface area contributed by atoms with Crippen LogP contribution >= 0.6 is 0 Å². The van der Waals surface area contributed by atoms with E-state index in [0.29, 0.717) is 0 Å². The van der Waals surface area contributed by atoms with E-state index in [0.717, 1.165) is 18.6 Å². The molecule has 0 saturated carbocycles. The number of carbonyl (C=O) groups is 1. The number of benzene rings is 1. The van der Waals surface area contributed by atoms with Crippen molar-refractivity contribution in [1.29, 1.82) is 0 Å². The van der Waals surface area contributed by atoms with Gasteiger partial charge in [-0.15, -0.1) is 0 Å². The molecule has 98 valence electrons. The molecule has 1 aromatic carbocycles. The third-order valence-corrected chi connectivity index (χ3v) is 2.89. The van der Waals surface area contributed by atoms with Crippen molar-refractivity contribution in [3.63, 3.8) is 0 Å². The highest BCUT2D eigenvalue weighted by Crippen LogP contribution is 2.28. The van der Waals surface area contributed by atoms with Crippen molar-refractivity contribution in [2.24, 2.45) is 5.92 Å². The minimum absolute atomic E-state index is 0.833. The van der Waals surface area contributed by atoms with Crippen molar-refractivity contribution in [2.75, 3.05) is 0 Å². The summed E-state index contributed by atoms with van der Waals surface area (Å²) < 4.78 is 0. The molecule has 1 aromatic rings. The summed E-state index contributed by atoms with van der Waals surface area (Å²) in [5, 5.41) is 0. The van der Waals surface area contributed by atoms with Gasteiger partial charge in [-0.05, 0) is 60.4 Å². The zero-order valence-electron chi connectivity index (χ0n) is 12.0. The number of aldehydes is 1. The van der Waals surface area contributed by atoms with Crippen molar-refractivity contribution in [1.82, 2.24) is 0 Å². The number of hydrogen-bond acceptors (Lipinski definition) is 1. The monoisotopic (exact) mass is 244 g/mol. The standard InChI is InChI=1S/C13H14O.C4H10/c1-10-7-8-11-4-2-5-13(11)12(10)6-3-9-14;1-4(2)3/h3,6-9H,2,4-5H2,1H3;4H,1-3H3/b6-3+;. The van der Waals surface area contributed by atoms with Gasteiger partial charge in [0.2, 0.25) is 0 Å². The van der Waals surface area contributed by atoms with E-state index >= 15 is 0 Å². The lowest BCUT2D eigenvalue weighted by Crippen LogP contribution is -1.91. The molecule has 0 saturated heterocycles. The minimum atomic E-state index is 0.833. The quantitative estimate of drug-likeness (QED) is 0.558. The molecule has 1 nitrogen and oxygen atoms in total. The van der Waals surface area contributed by atoms with Gasteiger partial charge < -0.3 is 0 Å². The van der Waals surface area contributed by atoms with Crippen LogP contribution in [0.15, 0.2) is 18.2 Å². The van der Waals surface area contributed by atoms with E-state index in [-0.39, 0.29) is 0 Å². The lowest BCUT2D eigenvalue weighted by molar-refractivity contribution is -0.104. The first-order valence-corrected chi connectivity index (χ1v) is 6.79. The molecule has 18 heavy (non-hydrogen) atoms. The Morgan fingerprint density at radius 1 is 1.17 bits per heavy atom. The van der Waals surface area contributed by atoms with Crippen LogP contribution in [0.25, 0.3) is 6.08 Å². The average Bonchev–Trinajstić information content (AvgIpc) is 2.75. The summed E-state index contributed by atoms with van der Waals surface area (Å²) in [6.07, 6.45) is 7.97. The molecule has 1 aliphatic rings. The fourth-order valence-corrected chi connectivity index (χ4v) is 2.18. The van der Waals surface area contributed by atoms with Crippen molar-refractivity contribution >= 4 is 12.4 Å². The maximum absolute atomic E-state index is 10.3. The van der Waals surface area contributed by atoms with Crippen LogP contribution in [-0.2, 0) is 17.6 Å². The third-order valence-electron chi connectivity index (χ3n) is 2.89. The second-order valence-corrected chi connectivity index (χ2v) is 5.51. The highest BCUT2D eigenvalue weighted by molar-refractivity contribution is 5.76. The molecule has 0 aromatic heterocycles. The first-order valence-electron chi connectivity index (χ1n) is 6.79. The summed E-state index contributed by atoms with van der Waals surface area (Å²) in [6, 6.07) is 4.37. The number of hydrogen-bond donors (Lipinski definition) is 0. The Morgan fingerprint density at radius 3 is 2.44 bits per heavy atom. The van der Waals surface area contributed by atoms with E-state index in [1.807, 2.05) is 6.08 Å². The summed E-state index contributed by atoms with van der Waals surface area (Å²) in [5.74, 6) is 0.833. The van der Waals surface area contributed by atoms with Gasteiger partial charge in [-0.3, -0.25) is 4.79 Å². The molecule has 0 spiro atoms. The fourth-order valence-electron chi connectivity index (χ4n) is 2.18. The highest BCUT2D eigenvalue weighted by atomic mass is 16.1. The van der Waals surface area contributed by atoms with Crippen molar-refractivity contribution in [3.05, 3.63) is 40.5 Å². The van der Waals surface area contributed by atoms with Gasteiger partial charge in [-0.1, -0.05) is 39.0 Å². The predicted octanol–water partition coefficient (Wildman–Crippen LogP) is 4.36. The molecule has 1 heteroatoms. The number of aryl methyl sites for hydroxylation is 2. The van der Waals surface area contributed by atoms with E-state index in [9.17, 15) is 4.79 Å². The largest absolute Gasteiger partial charge is 0.299 e. The maximum Gasteiger partial charge on any atom is 0.142 e. The molecule has 1 aliphatic carbocycles. The second kappa shape index (κ2) is 7.15. The molecule has 0 atom stereocenters. The first-order chi connectivity index (χ1) is 8.56. The van der Waals surface area contributed by atoms with Crippen LogP contribution in [0, 0.1) is 12.8 Å². The van der Waals surface area contributed by atoms with Gasteiger partial charge in [0, 0.05) is 0 Å². The molecule has 0 amide bonds. The zero-order chi connectivity index (χ0) is 13.5. The Labute approximate surface area is 111 Å². The van der Waals surface area contributed by atoms with Crippen molar-refractivity contribution in [2.45, 2.75) is 47.0 Å². The van der Waals surface area contributed by atoms with Gasteiger partial charge in [-0.25, -0.2) is 0 Å². The van der Waals surface area contributed by atoms with Crippen LogP contribution in [0.5, 0.6) is 0 Å². The van der Waals surface area contributed by atoms with Crippen LogP contribution in [0.2, 0.25) is 0 Å². The van der Waals surface area contributed by atoms with Crippen LogP contribution in [-0.4, -0.2) is 6.29 Å². The number of carbonyl (C=O) groups excluding carboxylic acids is 1. The first kappa shape index (κ1) is 14.7. The zero-order valence-corrected chi connectivity index (χ0v) is 12.0. The Kier molecular flexibility index (Phi) is 5.84. The molecule has 0 heterocycles. The van der Waals surface area contributed by atoms with Gasteiger partial charge in [-0.2, -0.15) is 0 Å². The smallest absolute Gasteiger partial charge is 0.142 e. The van der Waals surface area contributed by atoms with Gasteiger partial charge in [0.15, 0.2) is 0 Å². The molecule has 0 aliphatic heterocycles. The molecular formula is C17H24O. The average molecular weight is 244 g/mol. The lowest BCUT2D eigenvalue weighted by atomic mass is 9.98. The Morgan fingerprint density at radius 2 is 1.83 bits per heavy atom.